The zero-order valence-corrected chi connectivity index (χ0v) is 12.4. The molecule has 0 aliphatic rings. The van der Waals surface area contributed by atoms with Crippen molar-refractivity contribution in [2.45, 2.75) is 0 Å². The van der Waals surface area contributed by atoms with Gasteiger partial charge in [0.25, 0.3) is 11.8 Å². The molecular formula is C17H14N2O5. The van der Waals surface area contributed by atoms with Gasteiger partial charge in [0.05, 0.1) is 11.3 Å². The van der Waals surface area contributed by atoms with Crippen molar-refractivity contribution in [2.75, 3.05) is 5.32 Å². The first-order valence-electron chi connectivity index (χ1n) is 6.87. The maximum atomic E-state index is 12.2. The van der Waals surface area contributed by atoms with Crippen LogP contribution in [-0.4, -0.2) is 28.0 Å². The highest BCUT2D eigenvalue weighted by atomic mass is 16.4. The molecule has 7 heteroatoms. The molecule has 0 radical (unpaired) electrons. The fourth-order valence-corrected chi connectivity index (χ4v) is 1.86. The van der Waals surface area contributed by atoms with Crippen LogP contribution in [-0.2, 0) is 4.79 Å². The van der Waals surface area contributed by atoms with Crippen LogP contribution in [0.15, 0.2) is 60.8 Å². The minimum absolute atomic E-state index is 0.0385. The molecule has 7 nitrogen and oxygen atoms in total. The number of hydrogen-bond donors (Lipinski definition) is 4. The summed E-state index contributed by atoms with van der Waals surface area (Å²) >= 11 is 0. The van der Waals surface area contributed by atoms with Crippen molar-refractivity contribution in [3.05, 3.63) is 71.9 Å². The zero-order chi connectivity index (χ0) is 17.5. The summed E-state index contributed by atoms with van der Waals surface area (Å²) in [6, 6.07) is 12.0. The first kappa shape index (κ1) is 16.8. The quantitative estimate of drug-likeness (QED) is 0.627. The van der Waals surface area contributed by atoms with Crippen molar-refractivity contribution in [2.24, 2.45) is 0 Å². The van der Waals surface area contributed by atoms with E-state index in [1.54, 1.807) is 18.2 Å². The summed E-state index contributed by atoms with van der Waals surface area (Å²) in [6.07, 6.45) is 1.79. The van der Waals surface area contributed by atoms with Gasteiger partial charge in [0.15, 0.2) is 0 Å². The van der Waals surface area contributed by atoms with Crippen LogP contribution < -0.4 is 10.6 Å². The molecular weight excluding hydrogens is 312 g/mol. The number of carbonyl (C=O) groups is 3. The van der Waals surface area contributed by atoms with Gasteiger partial charge in [-0.3, -0.25) is 9.59 Å². The third kappa shape index (κ3) is 4.44. The number of benzene rings is 2. The highest BCUT2D eigenvalue weighted by Crippen LogP contribution is 2.17. The van der Waals surface area contributed by atoms with E-state index in [1.807, 2.05) is 0 Å². The Kier molecular flexibility index (Phi) is 5.30. The van der Waals surface area contributed by atoms with Gasteiger partial charge < -0.3 is 20.8 Å². The fourth-order valence-electron chi connectivity index (χ4n) is 1.86. The average Bonchev–Trinajstić information content (AvgIpc) is 2.55. The van der Waals surface area contributed by atoms with E-state index >= 15 is 0 Å². The van der Waals surface area contributed by atoms with Crippen molar-refractivity contribution >= 4 is 23.5 Å². The molecule has 0 saturated heterocycles. The Morgan fingerprint density at radius 1 is 0.917 bits per heavy atom. The average molecular weight is 326 g/mol. The van der Waals surface area contributed by atoms with Crippen molar-refractivity contribution in [3.8, 4) is 5.75 Å². The second-order valence-electron chi connectivity index (χ2n) is 4.69. The number of para-hydroxylation sites is 1. The van der Waals surface area contributed by atoms with E-state index < -0.39 is 17.8 Å². The van der Waals surface area contributed by atoms with Gasteiger partial charge in [0.2, 0.25) is 0 Å². The van der Waals surface area contributed by atoms with Gasteiger partial charge in [-0.05, 0) is 36.4 Å². The predicted molar refractivity (Wildman–Crippen MR) is 86.7 cm³/mol. The van der Waals surface area contributed by atoms with Crippen LogP contribution in [0.4, 0.5) is 5.69 Å². The Bertz CT molecular complexity index is 797. The normalized spacial score (nSPS) is 10.3. The summed E-state index contributed by atoms with van der Waals surface area (Å²) in [5.41, 5.74) is 0.769. The lowest BCUT2D eigenvalue weighted by Crippen LogP contribution is -2.21. The maximum Gasteiger partial charge on any atom is 0.329 e. The number of carbonyl (C=O) groups excluding carboxylic acids is 2. The highest BCUT2D eigenvalue weighted by molar-refractivity contribution is 6.09. The van der Waals surface area contributed by atoms with Crippen LogP contribution in [0.5, 0.6) is 5.75 Å². The monoisotopic (exact) mass is 326 g/mol. The van der Waals surface area contributed by atoms with Gasteiger partial charge in [0, 0.05) is 17.8 Å². The molecule has 0 fully saturated rings. The minimum atomic E-state index is -1.19. The molecule has 0 aromatic heterocycles. The largest absolute Gasteiger partial charge is 0.508 e. The number of carboxylic acids is 1. The highest BCUT2D eigenvalue weighted by Gasteiger charge is 2.13. The first-order valence-corrected chi connectivity index (χ1v) is 6.87. The van der Waals surface area contributed by atoms with Crippen molar-refractivity contribution in [1.82, 2.24) is 5.32 Å². The molecule has 24 heavy (non-hydrogen) atoms. The van der Waals surface area contributed by atoms with Crippen LogP contribution >= 0.6 is 0 Å². The lowest BCUT2D eigenvalue weighted by molar-refractivity contribution is -0.131. The van der Waals surface area contributed by atoms with Gasteiger partial charge in [-0.2, -0.15) is 0 Å². The van der Waals surface area contributed by atoms with Gasteiger partial charge >= 0.3 is 5.97 Å². The number of carboxylic acid groups (broad SMARTS) is 1. The third-order valence-corrected chi connectivity index (χ3v) is 2.99. The smallest absolute Gasteiger partial charge is 0.329 e. The molecule has 0 heterocycles. The number of aromatic hydroxyl groups is 1. The molecule has 2 amide bonds. The summed E-state index contributed by atoms with van der Waals surface area (Å²) in [7, 11) is 0. The van der Waals surface area contributed by atoms with Gasteiger partial charge in [0.1, 0.15) is 5.75 Å². The predicted octanol–water partition coefficient (Wildman–Crippen LogP) is 1.97. The topological polar surface area (TPSA) is 116 Å². The second kappa shape index (κ2) is 7.59. The molecule has 4 N–H and O–H groups in total. The first-order chi connectivity index (χ1) is 11.5. The second-order valence-corrected chi connectivity index (χ2v) is 4.69. The summed E-state index contributed by atoms with van der Waals surface area (Å²) in [5, 5.41) is 22.6. The molecule has 2 aromatic rings. The van der Waals surface area contributed by atoms with Crippen molar-refractivity contribution in [3.63, 3.8) is 0 Å². The van der Waals surface area contributed by atoms with Crippen LogP contribution in [0.25, 0.3) is 0 Å². The third-order valence-electron chi connectivity index (χ3n) is 2.99. The fraction of sp³-hybridized carbons (Fsp3) is 0. The molecule has 0 aliphatic heterocycles. The molecule has 2 aromatic carbocycles. The number of hydrogen-bond acceptors (Lipinski definition) is 4. The minimum Gasteiger partial charge on any atom is -0.508 e. The number of phenolic OH excluding ortho intramolecular Hbond substituents is 1. The number of anilines is 1. The summed E-state index contributed by atoms with van der Waals surface area (Å²) in [6.45, 7) is 0. The number of nitrogens with one attached hydrogen (secondary N) is 2. The maximum absolute atomic E-state index is 12.2. The van der Waals surface area contributed by atoms with E-state index in [0.29, 0.717) is 5.56 Å². The van der Waals surface area contributed by atoms with E-state index in [-0.39, 0.29) is 17.0 Å². The lowest BCUT2D eigenvalue weighted by atomic mass is 10.1. The SMILES string of the molecule is O=C(O)/C=C\NC(=O)c1ccccc1NC(=O)c1ccc(O)cc1. The molecule has 2 rings (SSSR count). The van der Waals surface area contributed by atoms with E-state index in [0.717, 1.165) is 12.3 Å². The van der Waals surface area contributed by atoms with E-state index in [2.05, 4.69) is 10.6 Å². The zero-order valence-electron chi connectivity index (χ0n) is 12.4. The van der Waals surface area contributed by atoms with Crippen molar-refractivity contribution < 1.29 is 24.6 Å². The Labute approximate surface area is 137 Å². The molecule has 122 valence electrons. The molecule has 0 bridgehead atoms. The van der Waals surface area contributed by atoms with Crippen molar-refractivity contribution in [1.29, 1.82) is 0 Å². The van der Waals surface area contributed by atoms with Crippen LogP contribution in [0.3, 0.4) is 0 Å². The van der Waals surface area contributed by atoms with Gasteiger partial charge in [-0.15, -0.1) is 0 Å². The molecule has 0 spiro atoms. The number of phenols is 1. The number of aliphatic carboxylic acids is 1. The number of amides is 2. The van der Waals surface area contributed by atoms with Crippen LogP contribution in [0.2, 0.25) is 0 Å². The standard InChI is InChI=1S/C17H14N2O5/c20-12-7-5-11(6-8-12)16(23)19-14-4-2-1-3-13(14)17(24)18-10-9-15(21)22/h1-10,20H,(H,18,24)(H,19,23)(H,21,22)/b10-9-. The molecule has 0 atom stereocenters. The number of rotatable bonds is 5. The summed E-state index contributed by atoms with van der Waals surface area (Å²) < 4.78 is 0. The van der Waals surface area contributed by atoms with E-state index in [1.165, 1.54) is 30.3 Å². The van der Waals surface area contributed by atoms with E-state index in [4.69, 9.17) is 5.11 Å². The molecule has 0 aliphatic carbocycles. The van der Waals surface area contributed by atoms with Crippen LogP contribution in [0.1, 0.15) is 20.7 Å². The summed E-state index contributed by atoms with van der Waals surface area (Å²) in [4.78, 5) is 34.7. The summed E-state index contributed by atoms with van der Waals surface area (Å²) in [5.74, 6) is -2.16. The Morgan fingerprint density at radius 3 is 2.25 bits per heavy atom. The lowest BCUT2D eigenvalue weighted by Gasteiger charge is -2.10. The van der Waals surface area contributed by atoms with E-state index in [9.17, 15) is 19.5 Å². The van der Waals surface area contributed by atoms with Gasteiger partial charge in [-0.1, -0.05) is 12.1 Å². The Morgan fingerprint density at radius 2 is 1.58 bits per heavy atom. The van der Waals surface area contributed by atoms with Gasteiger partial charge in [-0.25, -0.2) is 4.79 Å². The Balaban J connectivity index is 2.16. The molecule has 0 saturated carbocycles. The molecule has 0 unspecified atom stereocenters. The Hall–Kier alpha value is -3.61. The van der Waals surface area contributed by atoms with Crippen LogP contribution in [0, 0.1) is 0 Å².